The molecule has 1 heterocycles. The second-order valence-corrected chi connectivity index (χ2v) is 6.02. The van der Waals surface area contributed by atoms with Gasteiger partial charge in [0.1, 0.15) is 0 Å². The molecule has 0 unspecified atom stereocenters. The van der Waals surface area contributed by atoms with Gasteiger partial charge in [0.25, 0.3) is 0 Å². The van der Waals surface area contributed by atoms with Gasteiger partial charge in [-0.05, 0) is 24.3 Å². The molecule has 1 aromatic heterocycles. The summed E-state index contributed by atoms with van der Waals surface area (Å²) in [6.07, 6.45) is 1.73. The summed E-state index contributed by atoms with van der Waals surface area (Å²) in [6.45, 7) is 0. The molecule has 0 saturated carbocycles. The lowest BCUT2D eigenvalue weighted by atomic mass is 10.2. The van der Waals surface area contributed by atoms with Crippen LogP contribution in [-0.4, -0.2) is 11.3 Å². The summed E-state index contributed by atoms with van der Waals surface area (Å²) < 4.78 is 0. The van der Waals surface area contributed by atoms with E-state index in [1.165, 1.54) is 11.3 Å². The van der Waals surface area contributed by atoms with Crippen molar-refractivity contribution in [2.75, 3.05) is 0 Å². The molecule has 1 N–H and O–H groups in total. The van der Waals surface area contributed by atoms with Crippen molar-refractivity contribution in [2.24, 2.45) is 4.99 Å². The van der Waals surface area contributed by atoms with Crippen molar-refractivity contribution in [3.8, 4) is 5.06 Å². The zero-order valence-electron chi connectivity index (χ0n) is 10.2. The first-order valence-electron chi connectivity index (χ1n) is 5.85. The first kappa shape index (κ1) is 13.4. The molecule has 2 nitrogen and oxygen atoms in total. The fourth-order valence-electron chi connectivity index (χ4n) is 1.89. The van der Waals surface area contributed by atoms with E-state index in [1.807, 2.05) is 24.3 Å². The maximum absolute atomic E-state index is 9.89. The molecule has 3 rings (SSSR count). The van der Waals surface area contributed by atoms with Gasteiger partial charge in [-0.15, -0.1) is 0 Å². The van der Waals surface area contributed by atoms with Crippen molar-refractivity contribution in [3.63, 3.8) is 0 Å². The topological polar surface area (TPSA) is 32.6 Å². The Balaban J connectivity index is 2.00. The van der Waals surface area contributed by atoms with E-state index >= 15 is 0 Å². The Hall–Kier alpha value is -1.55. The normalized spacial score (nSPS) is 11.5. The molecule has 0 radical (unpaired) electrons. The molecular formula is C15H9Cl2NOS. The Bertz CT molecular complexity index is 811. The van der Waals surface area contributed by atoms with Crippen LogP contribution in [0.25, 0.3) is 10.8 Å². The molecule has 0 aliphatic carbocycles. The summed E-state index contributed by atoms with van der Waals surface area (Å²) in [5, 5.41) is 13.0. The van der Waals surface area contributed by atoms with Crippen LogP contribution in [-0.2, 0) is 0 Å². The van der Waals surface area contributed by atoms with Crippen LogP contribution in [0.1, 0.15) is 4.88 Å². The lowest BCUT2D eigenvalue weighted by Crippen LogP contribution is -1.76. The van der Waals surface area contributed by atoms with E-state index < -0.39 is 0 Å². The van der Waals surface area contributed by atoms with E-state index in [-0.39, 0.29) is 0 Å². The van der Waals surface area contributed by atoms with Crippen LogP contribution in [0.5, 0.6) is 5.06 Å². The van der Waals surface area contributed by atoms with Gasteiger partial charge < -0.3 is 5.11 Å². The van der Waals surface area contributed by atoms with E-state index in [1.54, 1.807) is 24.4 Å². The lowest BCUT2D eigenvalue weighted by molar-refractivity contribution is 0.496. The molecule has 0 spiro atoms. The molecule has 0 saturated heterocycles. The van der Waals surface area contributed by atoms with Gasteiger partial charge in [0.05, 0.1) is 20.6 Å². The number of nitrogens with zero attached hydrogens (tertiary/aromatic N) is 1. The molecule has 100 valence electrons. The highest BCUT2D eigenvalue weighted by molar-refractivity contribution is 7.17. The van der Waals surface area contributed by atoms with Crippen LogP contribution in [0.4, 0.5) is 5.69 Å². The Kier molecular flexibility index (Phi) is 3.66. The SMILES string of the molecule is Oc1sc(C=Nc2ccc(Cl)c(Cl)c2)c2ccccc12. The van der Waals surface area contributed by atoms with Gasteiger partial charge >= 0.3 is 0 Å². The predicted octanol–water partition coefficient (Wildman–Crippen LogP) is 5.66. The largest absolute Gasteiger partial charge is 0.499 e. The quantitative estimate of drug-likeness (QED) is 0.606. The average molecular weight is 322 g/mol. The number of fused-ring (bicyclic) bond motifs is 1. The van der Waals surface area contributed by atoms with Crippen molar-refractivity contribution in [1.29, 1.82) is 0 Å². The zero-order chi connectivity index (χ0) is 14.1. The first-order chi connectivity index (χ1) is 9.65. The summed E-state index contributed by atoms with van der Waals surface area (Å²) in [5.74, 6) is 0. The van der Waals surface area contributed by atoms with Crippen molar-refractivity contribution in [2.45, 2.75) is 0 Å². The number of thiophene rings is 1. The van der Waals surface area contributed by atoms with Crippen LogP contribution in [0.2, 0.25) is 10.0 Å². The summed E-state index contributed by atoms with van der Waals surface area (Å²) in [6, 6.07) is 12.9. The fourth-order valence-corrected chi connectivity index (χ4v) is 3.07. The van der Waals surface area contributed by atoms with Crippen LogP contribution < -0.4 is 0 Å². The number of benzene rings is 2. The average Bonchev–Trinajstić information content (AvgIpc) is 2.78. The smallest absolute Gasteiger partial charge is 0.179 e. The van der Waals surface area contributed by atoms with Crippen molar-refractivity contribution >= 4 is 57.2 Å². The second kappa shape index (κ2) is 5.44. The van der Waals surface area contributed by atoms with Gasteiger partial charge in [0, 0.05) is 17.0 Å². The number of rotatable bonds is 2. The Labute approximate surface area is 129 Å². The van der Waals surface area contributed by atoms with E-state index in [4.69, 9.17) is 23.2 Å². The fraction of sp³-hybridized carbons (Fsp3) is 0. The minimum Gasteiger partial charge on any atom is -0.499 e. The molecule has 0 amide bonds. The summed E-state index contributed by atoms with van der Waals surface area (Å²) in [4.78, 5) is 5.28. The van der Waals surface area contributed by atoms with Crippen LogP contribution >= 0.6 is 34.5 Å². The number of hydrogen-bond acceptors (Lipinski definition) is 3. The molecule has 2 aromatic carbocycles. The van der Waals surface area contributed by atoms with Crippen molar-refractivity contribution in [1.82, 2.24) is 0 Å². The maximum Gasteiger partial charge on any atom is 0.179 e. The number of aromatic hydroxyl groups is 1. The molecule has 0 fully saturated rings. The lowest BCUT2D eigenvalue weighted by Gasteiger charge is -1.97. The minimum absolute atomic E-state index is 0.302. The highest BCUT2D eigenvalue weighted by Gasteiger charge is 2.07. The molecule has 5 heteroatoms. The molecule has 3 aromatic rings. The predicted molar refractivity (Wildman–Crippen MR) is 87.2 cm³/mol. The van der Waals surface area contributed by atoms with Gasteiger partial charge in [-0.3, -0.25) is 4.99 Å². The van der Waals surface area contributed by atoms with Gasteiger partial charge in [0.2, 0.25) is 0 Å². The van der Waals surface area contributed by atoms with Gasteiger partial charge in [-0.1, -0.05) is 52.7 Å². The summed E-state index contributed by atoms with van der Waals surface area (Å²) in [7, 11) is 0. The molecular weight excluding hydrogens is 313 g/mol. The first-order valence-corrected chi connectivity index (χ1v) is 7.42. The van der Waals surface area contributed by atoms with E-state index in [0.29, 0.717) is 15.1 Å². The highest BCUT2D eigenvalue weighted by atomic mass is 35.5. The Morgan fingerprint density at radius 3 is 2.50 bits per heavy atom. The maximum atomic E-state index is 9.89. The number of halogens is 2. The summed E-state index contributed by atoms with van der Waals surface area (Å²) >= 11 is 13.1. The van der Waals surface area contributed by atoms with Gasteiger partial charge in [-0.25, -0.2) is 0 Å². The molecule has 0 atom stereocenters. The third kappa shape index (κ3) is 2.52. The van der Waals surface area contributed by atoms with Crippen LogP contribution in [0.3, 0.4) is 0 Å². The zero-order valence-corrected chi connectivity index (χ0v) is 12.5. The van der Waals surface area contributed by atoms with Crippen LogP contribution in [0.15, 0.2) is 47.5 Å². The van der Waals surface area contributed by atoms with Gasteiger partial charge in [0.15, 0.2) is 5.06 Å². The third-order valence-electron chi connectivity index (χ3n) is 2.86. The number of hydrogen-bond donors (Lipinski definition) is 1. The minimum atomic E-state index is 0.302. The molecule has 20 heavy (non-hydrogen) atoms. The Morgan fingerprint density at radius 2 is 1.75 bits per heavy atom. The van der Waals surface area contributed by atoms with E-state index in [9.17, 15) is 5.11 Å². The highest BCUT2D eigenvalue weighted by Crippen LogP contribution is 2.36. The standard InChI is InChI=1S/C15H9Cl2NOS/c16-12-6-5-9(7-13(12)17)18-8-14-10-3-1-2-4-11(10)15(19)20-14/h1-8,19H. The van der Waals surface area contributed by atoms with E-state index in [0.717, 1.165) is 21.3 Å². The van der Waals surface area contributed by atoms with Gasteiger partial charge in [-0.2, -0.15) is 0 Å². The Morgan fingerprint density at radius 1 is 1.00 bits per heavy atom. The second-order valence-electron chi connectivity index (χ2n) is 4.17. The third-order valence-corrected chi connectivity index (χ3v) is 4.56. The van der Waals surface area contributed by atoms with Crippen molar-refractivity contribution < 1.29 is 5.11 Å². The van der Waals surface area contributed by atoms with Crippen molar-refractivity contribution in [3.05, 3.63) is 57.4 Å². The monoisotopic (exact) mass is 321 g/mol. The van der Waals surface area contributed by atoms with Crippen LogP contribution in [0, 0.1) is 0 Å². The van der Waals surface area contributed by atoms with E-state index in [2.05, 4.69) is 4.99 Å². The summed E-state index contributed by atoms with van der Waals surface area (Å²) in [5.41, 5.74) is 0.719. The molecule has 0 aliphatic rings. The number of aliphatic imine (C=N–C) groups is 1. The molecule has 0 bridgehead atoms. The molecule has 0 aliphatic heterocycles.